The molecule has 0 fully saturated rings. The highest BCUT2D eigenvalue weighted by atomic mass is 79.9. The van der Waals surface area contributed by atoms with Gasteiger partial charge in [-0.2, -0.15) is 5.10 Å². The van der Waals surface area contributed by atoms with Gasteiger partial charge in [-0.05, 0) is 42.5 Å². The summed E-state index contributed by atoms with van der Waals surface area (Å²) in [6.45, 7) is -0.407. The fraction of sp³-hybridized carbons (Fsp3) is 0.0417. The molecule has 4 rings (SSSR count). The summed E-state index contributed by atoms with van der Waals surface area (Å²) in [6.07, 6.45) is 0. The SMILES string of the molecule is O=C(COC(=O)c1cc(-c2ccccc2)nn1-c1ccccc1)Nc1ccc(Br)cc1. The normalized spacial score (nSPS) is 10.5. The Kier molecular flexibility index (Phi) is 6.24. The van der Waals surface area contributed by atoms with Crippen LogP contribution in [0.5, 0.6) is 0 Å². The third kappa shape index (κ3) is 5.07. The molecule has 1 N–H and O–H groups in total. The van der Waals surface area contributed by atoms with Gasteiger partial charge >= 0.3 is 5.97 Å². The molecule has 154 valence electrons. The van der Waals surface area contributed by atoms with Crippen molar-refractivity contribution in [2.24, 2.45) is 0 Å². The second-order valence-electron chi connectivity index (χ2n) is 6.66. The molecule has 0 bridgehead atoms. The van der Waals surface area contributed by atoms with E-state index in [0.717, 1.165) is 15.7 Å². The number of benzene rings is 3. The number of nitrogens with one attached hydrogen (secondary N) is 1. The van der Waals surface area contributed by atoms with Crippen LogP contribution in [0.2, 0.25) is 0 Å². The fourth-order valence-corrected chi connectivity index (χ4v) is 3.24. The Morgan fingerprint density at radius 2 is 1.55 bits per heavy atom. The van der Waals surface area contributed by atoms with E-state index >= 15 is 0 Å². The van der Waals surface area contributed by atoms with Gasteiger partial charge in [0.2, 0.25) is 0 Å². The monoisotopic (exact) mass is 475 g/mol. The molecule has 0 unspecified atom stereocenters. The highest BCUT2D eigenvalue weighted by Gasteiger charge is 2.20. The van der Waals surface area contributed by atoms with Crippen molar-refractivity contribution in [1.29, 1.82) is 0 Å². The molecule has 0 radical (unpaired) electrons. The number of nitrogens with zero attached hydrogens (tertiary/aromatic N) is 2. The lowest BCUT2D eigenvalue weighted by Gasteiger charge is -2.08. The minimum absolute atomic E-state index is 0.237. The maximum atomic E-state index is 12.8. The van der Waals surface area contributed by atoms with Crippen LogP contribution in [0.4, 0.5) is 5.69 Å². The molecule has 4 aromatic rings. The molecule has 7 heteroatoms. The van der Waals surface area contributed by atoms with E-state index in [1.165, 1.54) is 4.68 Å². The maximum Gasteiger partial charge on any atom is 0.357 e. The Bertz CT molecular complexity index is 1190. The third-order valence-electron chi connectivity index (χ3n) is 4.45. The molecule has 3 aromatic carbocycles. The Labute approximate surface area is 187 Å². The number of halogens is 1. The molecule has 6 nitrogen and oxygen atoms in total. The number of rotatable bonds is 6. The van der Waals surface area contributed by atoms with Crippen LogP contribution < -0.4 is 5.32 Å². The van der Waals surface area contributed by atoms with E-state index < -0.39 is 18.5 Å². The minimum Gasteiger partial charge on any atom is -0.451 e. The summed E-state index contributed by atoms with van der Waals surface area (Å²) in [4.78, 5) is 25.0. The van der Waals surface area contributed by atoms with Gasteiger partial charge in [0.25, 0.3) is 5.91 Å². The quantitative estimate of drug-likeness (QED) is 0.393. The van der Waals surface area contributed by atoms with Crippen molar-refractivity contribution in [1.82, 2.24) is 9.78 Å². The fourth-order valence-electron chi connectivity index (χ4n) is 2.98. The van der Waals surface area contributed by atoms with Crippen molar-refractivity contribution in [2.45, 2.75) is 0 Å². The Morgan fingerprint density at radius 3 is 2.23 bits per heavy atom. The van der Waals surface area contributed by atoms with E-state index in [9.17, 15) is 9.59 Å². The number of amides is 1. The van der Waals surface area contributed by atoms with Crippen LogP contribution in [0, 0.1) is 0 Å². The summed E-state index contributed by atoms with van der Waals surface area (Å²) >= 11 is 3.34. The Balaban J connectivity index is 1.53. The highest BCUT2D eigenvalue weighted by molar-refractivity contribution is 9.10. The van der Waals surface area contributed by atoms with Gasteiger partial charge in [-0.3, -0.25) is 4.79 Å². The highest BCUT2D eigenvalue weighted by Crippen LogP contribution is 2.22. The predicted molar refractivity (Wildman–Crippen MR) is 122 cm³/mol. The topological polar surface area (TPSA) is 73.2 Å². The number of hydrogen-bond donors (Lipinski definition) is 1. The van der Waals surface area contributed by atoms with Crippen LogP contribution in [0.1, 0.15) is 10.5 Å². The summed E-state index contributed by atoms with van der Waals surface area (Å²) in [5.74, 6) is -1.06. The Hall–Kier alpha value is -3.71. The van der Waals surface area contributed by atoms with Gasteiger partial charge < -0.3 is 10.1 Å². The lowest BCUT2D eigenvalue weighted by molar-refractivity contribution is -0.119. The van der Waals surface area contributed by atoms with E-state index in [1.54, 1.807) is 18.2 Å². The zero-order chi connectivity index (χ0) is 21.6. The van der Waals surface area contributed by atoms with Crippen LogP contribution in [-0.2, 0) is 9.53 Å². The van der Waals surface area contributed by atoms with Crippen LogP contribution in [0.3, 0.4) is 0 Å². The summed E-state index contributed by atoms with van der Waals surface area (Å²) in [7, 11) is 0. The van der Waals surface area contributed by atoms with Gasteiger partial charge in [0.1, 0.15) is 0 Å². The van der Waals surface area contributed by atoms with E-state index in [1.807, 2.05) is 72.8 Å². The van der Waals surface area contributed by atoms with Gasteiger partial charge in [-0.15, -0.1) is 0 Å². The van der Waals surface area contributed by atoms with Crippen molar-refractivity contribution in [3.8, 4) is 16.9 Å². The number of hydrogen-bond acceptors (Lipinski definition) is 4. The smallest absolute Gasteiger partial charge is 0.357 e. The molecule has 0 aliphatic carbocycles. The van der Waals surface area contributed by atoms with Crippen LogP contribution in [-0.4, -0.2) is 28.3 Å². The van der Waals surface area contributed by atoms with Crippen molar-refractivity contribution in [2.75, 3.05) is 11.9 Å². The molecule has 1 heterocycles. The molecule has 31 heavy (non-hydrogen) atoms. The van der Waals surface area contributed by atoms with Gasteiger partial charge in [0, 0.05) is 15.7 Å². The van der Waals surface area contributed by atoms with Crippen LogP contribution in [0.25, 0.3) is 16.9 Å². The number of anilines is 1. The summed E-state index contributed by atoms with van der Waals surface area (Å²) < 4.78 is 7.70. The molecule has 0 atom stereocenters. The lowest BCUT2D eigenvalue weighted by Crippen LogP contribution is -2.22. The number of para-hydroxylation sites is 1. The molecule has 0 aliphatic rings. The van der Waals surface area contributed by atoms with Crippen LogP contribution >= 0.6 is 15.9 Å². The van der Waals surface area contributed by atoms with E-state index in [-0.39, 0.29) is 5.69 Å². The van der Waals surface area contributed by atoms with Gasteiger partial charge in [0.15, 0.2) is 12.3 Å². The molecule has 0 spiro atoms. The molecule has 0 aliphatic heterocycles. The maximum absolute atomic E-state index is 12.8. The minimum atomic E-state index is -0.635. The van der Waals surface area contributed by atoms with E-state index in [4.69, 9.17) is 4.74 Å². The molecule has 0 saturated heterocycles. The van der Waals surface area contributed by atoms with Crippen molar-refractivity contribution >= 4 is 33.5 Å². The number of ether oxygens (including phenoxy) is 1. The first-order valence-electron chi connectivity index (χ1n) is 9.53. The average Bonchev–Trinajstić information content (AvgIpc) is 3.26. The molecular weight excluding hydrogens is 458 g/mol. The zero-order valence-electron chi connectivity index (χ0n) is 16.4. The van der Waals surface area contributed by atoms with Gasteiger partial charge in [-0.25, -0.2) is 9.48 Å². The third-order valence-corrected chi connectivity index (χ3v) is 4.98. The van der Waals surface area contributed by atoms with Gasteiger partial charge in [-0.1, -0.05) is 64.5 Å². The standard InChI is InChI=1S/C24H18BrN3O3/c25-18-11-13-19(14-12-18)26-23(29)16-31-24(30)22-15-21(17-7-3-1-4-8-17)27-28(22)20-9-5-2-6-10-20/h1-15H,16H2,(H,26,29). The Morgan fingerprint density at radius 1 is 0.903 bits per heavy atom. The number of aromatic nitrogens is 2. The predicted octanol–water partition coefficient (Wildman–Crippen LogP) is 5.10. The second kappa shape index (κ2) is 9.40. The second-order valence-corrected chi connectivity index (χ2v) is 7.58. The molecule has 0 saturated carbocycles. The number of carbonyl (C=O) groups excluding carboxylic acids is 2. The van der Waals surface area contributed by atoms with E-state index in [2.05, 4.69) is 26.3 Å². The first kappa shape index (κ1) is 20.6. The molecular formula is C24H18BrN3O3. The number of esters is 1. The van der Waals surface area contributed by atoms with Crippen molar-refractivity contribution < 1.29 is 14.3 Å². The average molecular weight is 476 g/mol. The van der Waals surface area contributed by atoms with Crippen molar-refractivity contribution in [3.63, 3.8) is 0 Å². The first-order valence-corrected chi connectivity index (χ1v) is 10.3. The van der Waals surface area contributed by atoms with Crippen LogP contribution in [0.15, 0.2) is 95.5 Å². The summed E-state index contributed by atoms with van der Waals surface area (Å²) in [6, 6.07) is 27.6. The zero-order valence-corrected chi connectivity index (χ0v) is 18.0. The molecule has 1 aromatic heterocycles. The first-order chi connectivity index (χ1) is 15.1. The lowest BCUT2D eigenvalue weighted by atomic mass is 10.1. The summed E-state index contributed by atoms with van der Waals surface area (Å²) in [5.41, 5.74) is 3.08. The van der Waals surface area contributed by atoms with Crippen molar-refractivity contribution in [3.05, 3.63) is 101 Å². The van der Waals surface area contributed by atoms with Gasteiger partial charge in [0.05, 0.1) is 11.4 Å². The number of carbonyl (C=O) groups is 2. The largest absolute Gasteiger partial charge is 0.451 e. The molecule has 1 amide bonds. The summed E-state index contributed by atoms with van der Waals surface area (Å²) in [5, 5.41) is 7.28. The van der Waals surface area contributed by atoms with E-state index in [0.29, 0.717) is 11.4 Å².